The molecule has 0 aromatic carbocycles. The number of fused-ring (bicyclic) bond motifs is 5. The third-order valence-corrected chi connectivity index (χ3v) is 8.10. The van der Waals surface area contributed by atoms with Crippen LogP contribution < -0.4 is 0 Å². The second kappa shape index (κ2) is 10.4. The highest BCUT2D eigenvalue weighted by atomic mass is 32.3. The van der Waals surface area contributed by atoms with E-state index in [0.29, 0.717) is 23.5 Å². The molecule has 7 nitrogen and oxygen atoms in total. The standard InChI is InChI=1S/C21H30O3.CHF3.H2O4S/c1-13(22)24-15-8-10-20(2)14(12-15)4-5-16-17-6-7-19(23)21(17,3)11-9-18(16)20;2-1(3)4;1-5(2,3)4/h4,15-18H,5-12H2,1-3H3;1H;(H2,1,2,3,4)/t15-,16-,17-,18-,20-,21-;;/m0../s1. The Labute approximate surface area is 192 Å². The van der Waals surface area contributed by atoms with Crippen molar-refractivity contribution >= 4 is 22.2 Å². The molecule has 33 heavy (non-hydrogen) atoms. The summed E-state index contributed by atoms with van der Waals surface area (Å²) in [5, 5.41) is 0. The average molecular weight is 499 g/mol. The lowest BCUT2D eigenvalue weighted by molar-refractivity contribution is -0.148. The van der Waals surface area contributed by atoms with Crippen LogP contribution in [0.25, 0.3) is 0 Å². The van der Waals surface area contributed by atoms with Gasteiger partial charge in [-0.25, -0.2) is 0 Å². The summed E-state index contributed by atoms with van der Waals surface area (Å²) in [6, 6.07) is 0. The maximum Gasteiger partial charge on any atom is 0.394 e. The van der Waals surface area contributed by atoms with Crippen LogP contribution in [0.4, 0.5) is 13.2 Å². The number of rotatable bonds is 1. The largest absolute Gasteiger partial charge is 0.462 e. The zero-order valence-corrected chi connectivity index (χ0v) is 19.9. The van der Waals surface area contributed by atoms with Gasteiger partial charge >= 0.3 is 23.0 Å². The molecule has 0 aliphatic heterocycles. The molecule has 190 valence electrons. The van der Waals surface area contributed by atoms with Crippen LogP contribution in [-0.2, 0) is 24.7 Å². The molecule has 4 aliphatic rings. The van der Waals surface area contributed by atoms with Gasteiger partial charge < -0.3 is 4.74 Å². The molecule has 11 heteroatoms. The Balaban J connectivity index is 0.000000368. The van der Waals surface area contributed by atoms with Crippen molar-refractivity contribution in [3.63, 3.8) is 0 Å². The number of ether oxygens (including phenoxy) is 1. The van der Waals surface area contributed by atoms with E-state index in [-0.39, 0.29) is 22.9 Å². The summed E-state index contributed by atoms with van der Waals surface area (Å²) in [4.78, 5) is 23.7. The Bertz CT molecular complexity index is 864. The van der Waals surface area contributed by atoms with E-state index >= 15 is 0 Å². The highest BCUT2D eigenvalue weighted by Crippen LogP contribution is 2.64. The van der Waals surface area contributed by atoms with Gasteiger partial charge in [0.2, 0.25) is 0 Å². The Morgan fingerprint density at radius 1 is 1.09 bits per heavy atom. The first-order valence-corrected chi connectivity index (χ1v) is 12.5. The highest BCUT2D eigenvalue weighted by molar-refractivity contribution is 7.79. The molecule has 2 N–H and O–H groups in total. The van der Waals surface area contributed by atoms with Crippen LogP contribution in [0.15, 0.2) is 11.6 Å². The van der Waals surface area contributed by atoms with Crippen LogP contribution >= 0.6 is 0 Å². The van der Waals surface area contributed by atoms with E-state index in [1.165, 1.54) is 18.9 Å². The minimum Gasteiger partial charge on any atom is -0.462 e. The van der Waals surface area contributed by atoms with Gasteiger partial charge in [0.1, 0.15) is 11.9 Å². The predicted molar refractivity (Wildman–Crippen MR) is 114 cm³/mol. The SMILES string of the molecule is CC(=O)O[C@H]1CC[C@@]2(C)C(=CC[C@@H]3[C@@H]2CC[C@]2(C)C(=O)CC[C@@H]32)C1.FC(F)F.O=S(=O)(O)O. The molecule has 4 rings (SSSR count). The molecule has 0 unspecified atom stereocenters. The molecule has 0 radical (unpaired) electrons. The summed E-state index contributed by atoms with van der Waals surface area (Å²) < 4.78 is 66.1. The number of carbonyl (C=O) groups excluding carboxylic acids is 2. The first-order chi connectivity index (χ1) is 15.1. The third-order valence-electron chi connectivity index (χ3n) is 8.10. The van der Waals surface area contributed by atoms with E-state index in [4.69, 9.17) is 22.3 Å². The van der Waals surface area contributed by atoms with Crippen LogP contribution in [-0.4, -0.2) is 42.1 Å². The molecule has 0 aromatic rings. The number of allylic oxidation sites excluding steroid dienone is 1. The fourth-order valence-corrected chi connectivity index (χ4v) is 6.73. The summed E-state index contributed by atoms with van der Waals surface area (Å²) in [7, 11) is -4.67. The van der Waals surface area contributed by atoms with Crippen LogP contribution in [0.5, 0.6) is 0 Å². The zero-order chi connectivity index (χ0) is 25.2. The quantitative estimate of drug-likeness (QED) is 0.297. The number of halogens is 3. The molecule has 3 fully saturated rings. The molecule has 0 amide bonds. The van der Waals surface area contributed by atoms with E-state index in [1.54, 1.807) is 0 Å². The molecule has 4 aliphatic carbocycles. The Morgan fingerprint density at radius 2 is 1.61 bits per heavy atom. The van der Waals surface area contributed by atoms with Gasteiger partial charge in [-0.1, -0.05) is 25.5 Å². The Hall–Kier alpha value is -1.46. The number of carbonyl (C=O) groups is 2. The minimum absolute atomic E-state index is 0.0438. The van der Waals surface area contributed by atoms with Crippen molar-refractivity contribution in [2.45, 2.75) is 84.9 Å². The minimum atomic E-state index is -4.67. The first kappa shape index (κ1) is 27.8. The normalized spacial score (nSPS) is 37.2. The van der Waals surface area contributed by atoms with Crippen molar-refractivity contribution < 1.29 is 45.0 Å². The van der Waals surface area contributed by atoms with Gasteiger partial charge in [0.15, 0.2) is 0 Å². The van der Waals surface area contributed by atoms with Crippen LogP contribution in [0.3, 0.4) is 0 Å². The van der Waals surface area contributed by atoms with E-state index < -0.39 is 17.1 Å². The van der Waals surface area contributed by atoms with Crippen molar-refractivity contribution in [2.75, 3.05) is 0 Å². The molecular weight excluding hydrogens is 465 g/mol. The van der Waals surface area contributed by atoms with Crippen LogP contribution in [0.2, 0.25) is 0 Å². The molecule has 0 heterocycles. The van der Waals surface area contributed by atoms with Gasteiger partial charge in [-0.3, -0.25) is 18.7 Å². The molecular formula is C22H33F3O7S. The molecule has 0 saturated heterocycles. The first-order valence-electron chi connectivity index (χ1n) is 11.1. The third kappa shape index (κ3) is 6.79. The Morgan fingerprint density at radius 3 is 2.15 bits per heavy atom. The molecule has 0 aromatic heterocycles. The van der Waals surface area contributed by atoms with E-state index in [1.807, 2.05) is 0 Å². The van der Waals surface area contributed by atoms with Gasteiger partial charge in [-0.2, -0.15) is 21.6 Å². The van der Waals surface area contributed by atoms with Gasteiger partial charge in [-0.05, 0) is 61.7 Å². The lowest BCUT2D eigenvalue weighted by atomic mass is 9.48. The number of hydrogen-bond acceptors (Lipinski definition) is 5. The van der Waals surface area contributed by atoms with Crippen molar-refractivity contribution in [3.05, 3.63) is 11.6 Å². The summed E-state index contributed by atoms with van der Waals surface area (Å²) >= 11 is 0. The van der Waals surface area contributed by atoms with Crippen molar-refractivity contribution in [3.8, 4) is 0 Å². The topological polar surface area (TPSA) is 118 Å². The van der Waals surface area contributed by atoms with Crippen LogP contribution in [0.1, 0.15) is 72.1 Å². The lowest BCUT2D eigenvalue weighted by Gasteiger charge is -2.56. The summed E-state index contributed by atoms with van der Waals surface area (Å²) in [6.07, 6.45) is 10.8. The van der Waals surface area contributed by atoms with E-state index in [0.717, 1.165) is 44.9 Å². The van der Waals surface area contributed by atoms with E-state index in [9.17, 15) is 22.8 Å². The van der Waals surface area contributed by atoms with Gasteiger partial charge in [0.05, 0.1) is 0 Å². The summed E-state index contributed by atoms with van der Waals surface area (Å²) in [5.74, 6) is 2.33. The number of alkyl halides is 3. The summed E-state index contributed by atoms with van der Waals surface area (Å²) in [5.41, 5.74) is 1.74. The fourth-order valence-electron chi connectivity index (χ4n) is 6.73. The average Bonchev–Trinajstić information content (AvgIpc) is 2.95. The number of hydrogen-bond donors (Lipinski definition) is 2. The second-order valence-corrected chi connectivity index (χ2v) is 10.7. The number of esters is 1. The summed E-state index contributed by atoms with van der Waals surface area (Å²) in [6.45, 7) is 2.53. The highest BCUT2D eigenvalue weighted by Gasteiger charge is 2.58. The number of ketones is 1. The Kier molecular flexibility index (Phi) is 8.78. The molecule has 3 saturated carbocycles. The number of Topliss-reactive ketones (excluding diaryl/α,β-unsaturated/α-hetero) is 1. The van der Waals surface area contributed by atoms with Gasteiger partial charge in [-0.15, -0.1) is 0 Å². The second-order valence-electron chi connectivity index (χ2n) is 9.85. The predicted octanol–water partition coefficient (Wildman–Crippen LogP) is 4.98. The molecule has 0 bridgehead atoms. The van der Waals surface area contributed by atoms with Gasteiger partial charge in [0, 0.05) is 25.2 Å². The fraction of sp³-hybridized carbons (Fsp3) is 0.818. The monoisotopic (exact) mass is 498 g/mol. The molecule has 0 spiro atoms. The maximum atomic E-state index is 12.4. The van der Waals surface area contributed by atoms with Crippen LogP contribution in [0, 0.1) is 28.6 Å². The smallest absolute Gasteiger partial charge is 0.394 e. The lowest BCUT2D eigenvalue weighted by Crippen LogP contribution is -2.50. The van der Waals surface area contributed by atoms with Crippen molar-refractivity contribution in [2.24, 2.45) is 28.6 Å². The zero-order valence-electron chi connectivity index (χ0n) is 19.1. The maximum absolute atomic E-state index is 12.4. The van der Waals surface area contributed by atoms with Crippen molar-refractivity contribution in [1.82, 2.24) is 0 Å². The van der Waals surface area contributed by atoms with Gasteiger partial charge in [0.25, 0.3) is 0 Å². The molecule has 6 atom stereocenters. The van der Waals surface area contributed by atoms with E-state index in [2.05, 4.69) is 19.9 Å². The van der Waals surface area contributed by atoms with Crippen molar-refractivity contribution in [1.29, 1.82) is 0 Å².